The van der Waals surface area contributed by atoms with Crippen LogP contribution in [0.15, 0.2) is 66.7 Å². The largest absolute Gasteiger partial charge is 0.375 e. The van der Waals surface area contributed by atoms with Gasteiger partial charge in [-0.05, 0) is 49.1 Å². The second-order valence-electron chi connectivity index (χ2n) is 8.63. The number of fused-ring (bicyclic) bond motifs is 6. The first kappa shape index (κ1) is 19.0. The fourth-order valence-electron chi connectivity index (χ4n) is 5.75. The predicted octanol–water partition coefficient (Wildman–Crippen LogP) is 6.69. The highest BCUT2D eigenvalue weighted by Crippen LogP contribution is 2.53. The van der Waals surface area contributed by atoms with E-state index in [1.807, 2.05) is 6.08 Å². The van der Waals surface area contributed by atoms with Crippen molar-refractivity contribution >= 4 is 33.2 Å². The molecule has 3 atom stereocenters. The van der Waals surface area contributed by atoms with E-state index in [9.17, 15) is 14.5 Å². The van der Waals surface area contributed by atoms with Gasteiger partial charge < -0.3 is 9.88 Å². The monoisotopic (exact) mass is 427 g/mol. The first-order valence-electron chi connectivity index (χ1n) is 11.0. The Balaban J connectivity index is 1.53. The Kier molecular flexibility index (Phi) is 4.12. The number of benzene rings is 3. The van der Waals surface area contributed by atoms with Gasteiger partial charge in [-0.25, -0.2) is 4.39 Å². The van der Waals surface area contributed by atoms with E-state index in [1.54, 1.807) is 0 Å². The number of anilines is 1. The number of nitrogens with one attached hydrogen (secondary N) is 1. The zero-order valence-electron chi connectivity index (χ0n) is 17.6. The third-order valence-corrected chi connectivity index (χ3v) is 7.11. The third-order valence-electron chi connectivity index (χ3n) is 7.11. The number of nitrogens with zero attached hydrogens (tertiary/aromatic N) is 2. The maximum Gasteiger partial charge on any atom is 0.275 e. The smallest absolute Gasteiger partial charge is 0.275 e. The van der Waals surface area contributed by atoms with Crippen molar-refractivity contribution in [1.82, 2.24) is 4.57 Å². The van der Waals surface area contributed by atoms with Gasteiger partial charge in [-0.2, -0.15) is 0 Å². The molecule has 6 heteroatoms. The van der Waals surface area contributed by atoms with Gasteiger partial charge in [0.15, 0.2) is 0 Å². The maximum absolute atomic E-state index is 14.9. The minimum Gasteiger partial charge on any atom is -0.375 e. The first-order chi connectivity index (χ1) is 15.6. The number of para-hydroxylation sites is 1. The summed E-state index contributed by atoms with van der Waals surface area (Å²) in [5, 5.41) is 17.4. The number of aromatic nitrogens is 1. The minimum atomic E-state index is -0.446. The van der Waals surface area contributed by atoms with Gasteiger partial charge in [-0.1, -0.05) is 36.4 Å². The van der Waals surface area contributed by atoms with Crippen LogP contribution in [0.3, 0.4) is 0 Å². The van der Waals surface area contributed by atoms with Crippen molar-refractivity contribution in [2.45, 2.75) is 31.8 Å². The van der Waals surface area contributed by atoms with Gasteiger partial charge in [0.2, 0.25) is 0 Å². The van der Waals surface area contributed by atoms with E-state index in [2.05, 4.69) is 65.3 Å². The second-order valence-corrected chi connectivity index (χ2v) is 8.63. The van der Waals surface area contributed by atoms with Crippen molar-refractivity contribution in [1.29, 1.82) is 0 Å². The van der Waals surface area contributed by atoms with Gasteiger partial charge in [-0.3, -0.25) is 10.1 Å². The van der Waals surface area contributed by atoms with E-state index in [0.717, 1.165) is 18.5 Å². The Morgan fingerprint density at radius 2 is 1.94 bits per heavy atom. The molecule has 3 unspecified atom stereocenters. The van der Waals surface area contributed by atoms with E-state index in [-0.39, 0.29) is 29.3 Å². The third kappa shape index (κ3) is 2.55. The zero-order chi connectivity index (χ0) is 22.0. The van der Waals surface area contributed by atoms with Crippen molar-refractivity contribution in [3.05, 3.63) is 93.8 Å². The Morgan fingerprint density at radius 3 is 2.75 bits per heavy atom. The number of halogens is 1. The summed E-state index contributed by atoms with van der Waals surface area (Å²) in [6, 6.07) is 17.2. The molecule has 160 valence electrons. The number of hydrogen-bond acceptors (Lipinski definition) is 3. The van der Waals surface area contributed by atoms with Crippen LogP contribution in [0.4, 0.5) is 15.8 Å². The summed E-state index contributed by atoms with van der Waals surface area (Å²) in [5.74, 6) is -0.530. The van der Waals surface area contributed by atoms with E-state index < -0.39 is 10.7 Å². The van der Waals surface area contributed by atoms with Gasteiger partial charge in [-0.15, -0.1) is 0 Å². The minimum absolute atomic E-state index is 0.0182. The fraction of sp³-hybridized carbons (Fsp3) is 0.231. The molecule has 4 aromatic rings. The molecular weight excluding hydrogens is 405 g/mol. The summed E-state index contributed by atoms with van der Waals surface area (Å²) >= 11 is 0. The van der Waals surface area contributed by atoms with Crippen LogP contribution >= 0.6 is 0 Å². The molecule has 0 radical (unpaired) electrons. The molecule has 1 aliphatic heterocycles. The predicted molar refractivity (Wildman–Crippen MR) is 125 cm³/mol. The van der Waals surface area contributed by atoms with Crippen molar-refractivity contribution in [3.63, 3.8) is 0 Å². The van der Waals surface area contributed by atoms with Crippen molar-refractivity contribution in [2.24, 2.45) is 5.92 Å². The lowest BCUT2D eigenvalue weighted by Gasteiger charge is -2.37. The number of nitro groups is 1. The fourth-order valence-corrected chi connectivity index (χ4v) is 5.75. The summed E-state index contributed by atoms with van der Waals surface area (Å²) in [5.41, 5.74) is 4.16. The maximum atomic E-state index is 14.9. The molecule has 1 aromatic heterocycles. The van der Waals surface area contributed by atoms with Crippen LogP contribution in [0.5, 0.6) is 0 Å². The Hall–Kier alpha value is -3.67. The van der Waals surface area contributed by atoms with Gasteiger partial charge in [0.1, 0.15) is 5.82 Å². The van der Waals surface area contributed by atoms with Gasteiger partial charge >= 0.3 is 0 Å². The molecule has 0 amide bonds. The molecule has 1 aliphatic carbocycles. The van der Waals surface area contributed by atoms with E-state index in [0.29, 0.717) is 5.56 Å². The quantitative estimate of drug-likeness (QED) is 0.225. The van der Waals surface area contributed by atoms with E-state index in [4.69, 9.17) is 0 Å². The lowest BCUT2D eigenvalue weighted by molar-refractivity contribution is -0.385. The summed E-state index contributed by atoms with van der Waals surface area (Å²) in [7, 11) is 0. The highest BCUT2D eigenvalue weighted by molar-refractivity contribution is 6.08. The van der Waals surface area contributed by atoms with Crippen LogP contribution in [-0.4, -0.2) is 9.49 Å². The van der Waals surface area contributed by atoms with Crippen LogP contribution in [0.2, 0.25) is 0 Å². The summed E-state index contributed by atoms with van der Waals surface area (Å²) in [6.45, 7) is 3.02. The van der Waals surface area contributed by atoms with Gasteiger partial charge in [0.25, 0.3) is 5.69 Å². The molecule has 0 saturated heterocycles. The molecule has 0 fully saturated rings. The molecule has 32 heavy (non-hydrogen) atoms. The zero-order valence-corrected chi connectivity index (χ0v) is 17.6. The molecule has 5 nitrogen and oxygen atoms in total. The number of hydrogen-bond donors (Lipinski definition) is 1. The van der Waals surface area contributed by atoms with Gasteiger partial charge in [0, 0.05) is 40.3 Å². The summed E-state index contributed by atoms with van der Waals surface area (Å²) < 4.78 is 17.2. The van der Waals surface area contributed by atoms with Crippen LogP contribution in [0.1, 0.15) is 36.4 Å². The molecule has 0 saturated carbocycles. The highest BCUT2D eigenvalue weighted by Gasteiger charge is 2.42. The lowest BCUT2D eigenvalue weighted by atomic mass is 9.76. The van der Waals surface area contributed by atoms with E-state index in [1.165, 1.54) is 33.9 Å². The SMILES string of the molecule is CCn1c2ccccc2c2cc(C3Nc4c(F)ccc([N+](=O)[O-])c4C4C=CCC43)ccc21. The standard InChI is InChI=1S/C26H22FN3O2/c1-2-29-21-9-4-3-6-16(21)19-14-15(10-12-22(19)29)25-18-8-5-7-17(18)24-23(30(31)32)13-11-20(27)26(24)28-25/h3-7,9-14,17-18,25,28H,2,8H2,1H3. The average Bonchev–Trinajstić information content (AvgIpc) is 3.41. The Bertz CT molecular complexity index is 1440. The van der Waals surface area contributed by atoms with Crippen molar-refractivity contribution in [3.8, 4) is 0 Å². The van der Waals surface area contributed by atoms with Crippen LogP contribution in [-0.2, 0) is 6.54 Å². The molecular formula is C26H22FN3O2. The number of allylic oxidation sites excluding steroid dienone is 2. The molecule has 1 N–H and O–H groups in total. The first-order valence-corrected chi connectivity index (χ1v) is 11.0. The highest BCUT2D eigenvalue weighted by atomic mass is 19.1. The number of rotatable bonds is 3. The molecule has 2 aliphatic rings. The molecule has 2 heterocycles. The van der Waals surface area contributed by atoms with E-state index >= 15 is 0 Å². The van der Waals surface area contributed by atoms with Crippen molar-refractivity contribution in [2.75, 3.05) is 5.32 Å². The summed E-state index contributed by atoms with van der Waals surface area (Å²) in [6.07, 6.45) is 4.87. The molecule has 3 aromatic carbocycles. The topological polar surface area (TPSA) is 60.1 Å². The lowest BCUT2D eigenvalue weighted by Crippen LogP contribution is -2.30. The molecule has 0 bridgehead atoms. The number of aryl methyl sites for hydroxylation is 1. The average molecular weight is 427 g/mol. The number of nitro benzene ring substituents is 1. The molecule has 0 spiro atoms. The van der Waals surface area contributed by atoms with Crippen LogP contribution < -0.4 is 5.32 Å². The Labute approximate surface area is 184 Å². The normalized spacial score (nSPS) is 21.5. The Morgan fingerprint density at radius 1 is 1.12 bits per heavy atom. The van der Waals surface area contributed by atoms with Crippen LogP contribution in [0.25, 0.3) is 21.8 Å². The van der Waals surface area contributed by atoms with Crippen LogP contribution in [0, 0.1) is 21.8 Å². The molecule has 6 rings (SSSR count). The van der Waals surface area contributed by atoms with Crippen molar-refractivity contribution < 1.29 is 9.31 Å². The van der Waals surface area contributed by atoms with Gasteiger partial charge in [0.05, 0.1) is 22.2 Å². The summed E-state index contributed by atoms with van der Waals surface area (Å²) in [4.78, 5) is 11.2. The second kappa shape index (κ2) is 6.92.